The van der Waals surface area contributed by atoms with Gasteiger partial charge in [0.05, 0.1) is 29.1 Å². The number of ether oxygens (including phenoxy) is 1. The summed E-state index contributed by atoms with van der Waals surface area (Å²) in [6.45, 7) is 0.849. The molecule has 0 unspecified atom stereocenters. The number of H-pyrrole nitrogens is 1. The van der Waals surface area contributed by atoms with Crippen molar-refractivity contribution in [2.45, 2.75) is 13.0 Å². The molecule has 88 valence electrons. The van der Waals surface area contributed by atoms with Crippen LogP contribution in [-0.2, 0) is 17.8 Å². The second kappa shape index (κ2) is 3.82. The summed E-state index contributed by atoms with van der Waals surface area (Å²) in [5.41, 5.74) is 1.71. The van der Waals surface area contributed by atoms with Crippen molar-refractivity contribution in [1.29, 1.82) is 0 Å². The molecular weight excluding hydrogens is 245 g/mol. The molecule has 3 rings (SSSR count). The minimum absolute atomic E-state index is 0.199. The molecule has 0 spiro atoms. The maximum atomic E-state index is 13.2. The van der Waals surface area contributed by atoms with Gasteiger partial charge in [-0.15, -0.1) is 0 Å². The van der Waals surface area contributed by atoms with Gasteiger partial charge >= 0.3 is 0 Å². The number of benzene rings is 1. The summed E-state index contributed by atoms with van der Waals surface area (Å²) in [5.74, 6) is -0.510. The molecule has 0 atom stereocenters. The van der Waals surface area contributed by atoms with Crippen LogP contribution in [0, 0.1) is 5.82 Å². The lowest BCUT2D eigenvalue weighted by atomic mass is 10.1. The summed E-state index contributed by atoms with van der Waals surface area (Å²) in [6.07, 6.45) is 0.647. The fraction of sp³-hybridized carbons (Fsp3) is 0.250. The Morgan fingerprint density at radius 2 is 2.24 bits per heavy atom. The van der Waals surface area contributed by atoms with Crippen LogP contribution in [-0.4, -0.2) is 11.6 Å². The average Bonchev–Trinajstić information content (AvgIpc) is 2.31. The van der Waals surface area contributed by atoms with E-state index in [0.717, 1.165) is 5.69 Å². The van der Waals surface area contributed by atoms with Crippen molar-refractivity contribution in [2.24, 2.45) is 0 Å². The third-order valence-electron chi connectivity index (χ3n) is 2.96. The number of pyridine rings is 1. The molecule has 0 saturated carbocycles. The summed E-state index contributed by atoms with van der Waals surface area (Å²) >= 11 is 5.94. The summed E-state index contributed by atoms with van der Waals surface area (Å²) in [5, 5.41) is 0.505. The third-order valence-corrected chi connectivity index (χ3v) is 3.25. The summed E-state index contributed by atoms with van der Waals surface area (Å²) < 4.78 is 18.5. The number of fused-ring (bicyclic) bond motifs is 2. The molecule has 0 radical (unpaired) electrons. The molecular formula is C12H9ClFNO2. The number of hydrogen-bond donors (Lipinski definition) is 1. The van der Waals surface area contributed by atoms with Gasteiger partial charge in [0.15, 0.2) is 5.43 Å². The van der Waals surface area contributed by atoms with Gasteiger partial charge in [0.1, 0.15) is 5.82 Å². The van der Waals surface area contributed by atoms with Crippen LogP contribution in [0.1, 0.15) is 11.3 Å². The van der Waals surface area contributed by atoms with Crippen molar-refractivity contribution in [1.82, 2.24) is 4.98 Å². The number of rotatable bonds is 0. The highest BCUT2D eigenvalue weighted by atomic mass is 35.5. The van der Waals surface area contributed by atoms with Crippen molar-refractivity contribution in [3.8, 4) is 0 Å². The van der Waals surface area contributed by atoms with Crippen LogP contribution in [0.2, 0.25) is 5.02 Å². The Labute approximate surface area is 101 Å². The predicted molar refractivity (Wildman–Crippen MR) is 62.9 cm³/mol. The minimum atomic E-state index is -0.510. The van der Waals surface area contributed by atoms with E-state index < -0.39 is 5.82 Å². The molecule has 1 aromatic heterocycles. The first-order chi connectivity index (χ1) is 8.16. The second-order valence-corrected chi connectivity index (χ2v) is 4.43. The van der Waals surface area contributed by atoms with Gasteiger partial charge in [-0.1, -0.05) is 11.6 Å². The standard InChI is InChI=1S/C12H9ClFNO2/c13-9-4-6(14)3-7-11(9)15-10-1-2-17-5-8(10)12(7)16/h3-4H,1-2,5H2,(H,15,16). The first-order valence-electron chi connectivity index (χ1n) is 5.27. The molecule has 3 nitrogen and oxygen atoms in total. The van der Waals surface area contributed by atoms with E-state index in [-0.39, 0.29) is 22.4 Å². The highest BCUT2D eigenvalue weighted by molar-refractivity contribution is 6.35. The maximum Gasteiger partial charge on any atom is 0.195 e. The van der Waals surface area contributed by atoms with E-state index in [4.69, 9.17) is 16.3 Å². The fourth-order valence-corrected chi connectivity index (χ4v) is 2.37. The molecule has 2 aromatic rings. The second-order valence-electron chi connectivity index (χ2n) is 4.02. The average molecular weight is 254 g/mol. The number of nitrogens with one attached hydrogen (secondary N) is 1. The van der Waals surface area contributed by atoms with Gasteiger partial charge < -0.3 is 9.72 Å². The molecule has 1 aliphatic heterocycles. The Balaban J connectivity index is 2.44. The molecule has 17 heavy (non-hydrogen) atoms. The minimum Gasteiger partial charge on any atom is -0.376 e. The van der Waals surface area contributed by atoms with E-state index in [1.54, 1.807) is 0 Å². The summed E-state index contributed by atoms with van der Waals surface area (Å²) in [6, 6.07) is 2.40. The van der Waals surface area contributed by atoms with Crippen LogP contribution in [0.5, 0.6) is 0 Å². The predicted octanol–water partition coefficient (Wildman–Crippen LogP) is 2.39. The van der Waals surface area contributed by atoms with E-state index in [1.165, 1.54) is 12.1 Å². The molecule has 2 heterocycles. The number of halogens is 2. The Hall–Kier alpha value is -1.39. The SMILES string of the molecule is O=c1c2c([nH]c3c(Cl)cc(F)cc13)CCOC2. The van der Waals surface area contributed by atoms with Crippen molar-refractivity contribution in [3.05, 3.63) is 44.5 Å². The molecule has 0 saturated heterocycles. The van der Waals surface area contributed by atoms with Gasteiger partial charge in [0.2, 0.25) is 0 Å². The normalized spacial score (nSPS) is 14.9. The van der Waals surface area contributed by atoms with E-state index in [0.29, 0.717) is 24.1 Å². The van der Waals surface area contributed by atoms with Crippen molar-refractivity contribution in [3.63, 3.8) is 0 Å². The topological polar surface area (TPSA) is 42.1 Å². The lowest BCUT2D eigenvalue weighted by Crippen LogP contribution is -2.21. The van der Waals surface area contributed by atoms with Gasteiger partial charge in [-0.25, -0.2) is 4.39 Å². The smallest absolute Gasteiger partial charge is 0.195 e. The number of hydrogen-bond acceptors (Lipinski definition) is 2. The largest absolute Gasteiger partial charge is 0.376 e. The molecule has 1 aliphatic rings. The quantitative estimate of drug-likeness (QED) is 0.783. The first kappa shape index (κ1) is 10.7. The van der Waals surface area contributed by atoms with Gasteiger partial charge in [-0.3, -0.25) is 4.79 Å². The third kappa shape index (κ3) is 1.64. The van der Waals surface area contributed by atoms with Crippen LogP contribution in [0.4, 0.5) is 4.39 Å². The van der Waals surface area contributed by atoms with Crippen LogP contribution in [0.25, 0.3) is 10.9 Å². The van der Waals surface area contributed by atoms with Gasteiger partial charge in [0.25, 0.3) is 0 Å². The Bertz CT molecular complexity index is 666. The van der Waals surface area contributed by atoms with Gasteiger partial charge in [-0.2, -0.15) is 0 Å². The molecule has 5 heteroatoms. The molecule has 1 aromatic carbocycles. The molecule has 1 N–H and O–H groups in total. The van der Waals surface area contributed by atoms with Crippen molar-refractivity contribution < 1.29 is 9.13 Å². The lowest BCUT2D eigenvalue weighted by Gasteiger charge is -2.16. The fourth-order valence-electron chi connectivity index (χ4n) is 2.12. The van der Waals surface area contributed by atoms with Gasteiger partial charge in [-0.05, 0) is 12.1 Å². The van der Waals surface area contributed by atoms with E-state index in [2.05, 4.69) is 4.98 Å². The van der Waals surface area contributed by atoms with E-state index in [9.17, 15) is 9.18 Å². The van der Waals surface area contributed by atoms with Crippen molar-refractivity contribution in [2.75, 3.05) is 6.61 Å². The van der Waals surface area contributed by atoms with Crippen molar-refractivity contribution >= 4 is 22.5 Å². The van der Waals surface area contributed by atoms with E-state index in [1.807, 2.05) is 0 Å². The maximum absolute atomic E-state index is 13.2. The Morgan fingerprint density at radius 1 is 1.41 bits per heavy atom. The van der Waals surface area contributed by atoms with Crippen LogP contribution < -0.4 is 5.43 Å². The molecule has 0 aliphatic carbocycles. The zero-order valence-electron chi connectivity index (χ0n) is 8.85. The highest BCUT2D eigenvalue weighted by Crippen LogP contribution is 2.24. The van der Waals surface area contributed by atoms with Crippen LogP contribution >= 0.6 is 11.6 Å². The Kier molecular flexibility index (Phi) is 2.42. The Morgan fingerprint density at radius 3 is 3.06 bits per heavy atom. The lowest BCUT2D eigenvalue weighted by molar-refractivity contribution is 0.109. The molecule has 0 bridgehead atoms. The highest BCUT2D eigenvalue weighted by Gasteiger charge is 2.17. The number of aromatic nitrogens is 1. The van der Waals surface area contributed by atoms with E-state index >= 15 is 0 Å². The molecule has 0 amide bonds. The number of aromatic amines is 1. The molecule has 0 fully saturated rings. The van der Waals surface area contributed by atoms with Gasteiger partial charge in [0, 0.05) is 17.7 Å². The van der Waals surface area contributed by atoms with Crippen LogP contribution in [0.15, 0.2) is 16.9 Å². The first-order valence-corrected chi connectivity index (χ1v) is 5.65. The zero-order valence-corrected chi connectivity index (χ0v) is 9.60. The van der Waals surface area contributed by atoms with Crippen LogP contribution in [0.3, 0.4) is 0 Å². The monoisotopic (exact) mass is 253 g/mol. The summed E-state index contributed by atoms with van der Waals surface area (Å²) in [7, 11) is 0. The summed E-state index contributed by atoms with van der Waals surface area (Å²) in [4.78, 5) is 15.3. The zero-order chi connectivity index (χ0) is 12.0.